The molecule has 1 aromatic carbocycles. The highest BCUT2D eigenvalue weighted by Crippen LogP contribution is 2.32. The van der Waals surface area contributed by atoms with Gasteiger partial charge in [-0.1, -0.05) is 19.1 Å². The van der Waals surface area contributed by atoms with E-state index in [-0.39, 0.29) is 5.69 Å². The molecule has 6 nitrogen and oxygen atoms in total. The highest BCUT2D eigenvalue weighted by molar-refractivity contribution is 5.70. The number of rotatable bonds is 6. The lowest BCUT2D eigenvalue weighted by Gasteiger charge is -2.11. The summed E-state index contributed by atoms with van der Waals surface area (Å²) >= 11 is 0. The first-order valence-corrected chi connectivity index (χ1v) is 6.72. The van der Waals surface area contributed by atoms with Gasteiger partial charge in [0.15, 0.2) is 0 Å². The molecule has 0 spiro atoms. The summed E-state index contributed by atoms with van der Waals surface area (Å²) in [7, 11) is 1.68. The van der Waals surface area contributed by atoms with Gasteiger partial charge in [0.25, 0.3) is 5.69 Å². The molecule has 0 unspecified atom stereocenters. The van der Waals surface area contributed by atoms with E-state index in [0.717, 1.165) is 12.0 Å². The van der Waals surface area contributed by atoms with Crippen LogP contribution in [0.25, 0.3) is 11.3 Å². The number of ether oxygens (including phenoxy) is 1. The van der Waals surface area contributed by atoms with Crippen LogP contribution in [0.3, 0.4) is 0 Å². The number of nitrogens with zero attached hydrogens (tertiary/aromatic N) is 2. The quantitative estimate of drug-likeness (QED) is 0.650. The molecule has 0 radical (unpaired) electrons. The third kappa shape index (κ3) is 3.47. The minimum absolute atomic E-state index is 0.00496. The second kappa shape index (κ2) is 6.69. The van der Waals surface area contributed by atoms with Crippen LogP contribution in [0.4, 0.5) is 11.5 Å². The van der Waals surface area contributed by atoms with Crippen molar-refractivity contribution in [1.29, 1.82) is 0 Å². The summed E-state index contributed by atoms with van der Waals surface area (Å²) in [6.07, 6.45) is 0.887. The number of hydrogen-bond donors (Lipinski definition) is 1. The van der Waals surface area contributed by atoms with Crippen molar-refractivity contribution in [1.82, 2.24) is 4.98 Å². The Bertz CT molecular complexity index is 644. The highest BCUT2D eigenvalue weighted by atomic mass is 16.6. The van der Waals surface area contributed by atoms with E-state index >= 15 is 0 Å². The van der Waals surface area contributed by atoms with Gasteiger partial charge in [0.1, 0.15) is 11.6 Å². The monoisotopic (exact) mass is 287 g/mol. The van der Waals surface area contributed by atoms with Gasteiger partial charge >= 0.3 is 0 Å². The molecule has 0 saturated carbocycles. The summed E-state index contributed by atoms with van der Waals surface area (Å²) in [5.41, 5.74) is 1.25. The molecule has 0 bridgehead atoms. The number of anilines is 1. The van der Waals surface area contributed by atoms with E-state index in [1.807, 2.05) is 31.2 Å². The molecule has 2 rings (SSSR count). The third-order valence-corrected chi connectivity index (χ3v) is 2.90. The van der Waals surface area contributed by atoms with Gasteiger partial charge in [-0.25, -0.2) is 4.98 Å². The molecule has 21 heavy (non-hydrogen) atoms. The van der Waals surface area contributed by atoms with Gasteiger partial charge in [0, 0.05) is 18.7 Å². The van der Waals surface area contributed by atoms with Crippen LogP contribution in [0, 0.1) is 10.1 Å². The summed E-state index contributed by atoms with van der Waals surface area (Å²) in [5, 5.41) is 13.9. The molecule has 1 N–H and O–H groups in total. The van der Waals surface area contributed by atoms with Gasteiger partial charge in [0.05, 0.1) is 23.3 Å². The predicted molar refractivity (Wildman–Crippen MR) is 81.7 cm³/mol. The Kier molecular flexibility index (Phi) is 4.71. The molecule has 0 fully saturated rings. The van der Waals surface area contributed by atoms with Crippen molar-refractivity contribution in [3.8, 4) is 17.0 Å². The predicted octanol–water partition coefficient (Wildman–Crippen LogP) is 3.49. The highest BCUT2D eigenvalue weighted by Gasteiger charge is 2.14. The van der Waals surface area contributed by atoms with Crippen LogP contribution < -0.4 is 10.1 Å². The van der Waals surface area contributed by atoms with Crippen molar-refractivity contribution in [2.75, 3.05) is 19.0 Å². The van der Waals surface area contributed by atoms with Crippen molar-refractivity contribution < 1.29 is 9.66 Å². The number of nitro groups is 1. The van der Waals surface area contributed by atoms with Crippen molar-refractivity contribution in [3.05, 3.63) is 46.5 Å². The molecule has 0 amide bonds. The Morgan fingerprint density at radius 3 is 2.76 bits per heavy atom. The number of hydrogen-bond acceptors (Lipinski definition) is 5. The summed E-state index contributed by atoms with van der Waals surface area (Å²) in [6, 6.07) is 10.3. The van der Waals surface area contributed by atoms with E-state index in [2.05, 4.69) is 10.3 Å². The van der Waals surface area contributed by atoms with E-state index in [0.29, 0.717) is 23.9 Å². The Morgan fingerprint density at radius 2 is 2.10 bits per heavy atom. The second-order valence-corrected chi connectivity index (χ2v) is 4.45. The van der Waals surface area contributed by atoms with E-state index in [1.54, 1.807) is 7.05 Å². The molecule has 110 valence electrons. The van der Waals surface area contributed by atoms with Gasteiger partial charge in [-0.2, -0.15) is 0 Å². The van der Waals surface area contributed by atoms with Gasteiger partial charge in [-0.15, -0.1) is 0 Å². The maximum Gasteiger partial charge on any atom is 0.275 e. The standard InChI is InChI=1S/C15H17N3O3/c1-3-8-21-14-7-5-4-6-12(14)13-9-11(18(19)20)10-15(16-2)17-13/h4-7,9-10H,3,8H2,1-2H3,(H,16,17). The number of nitrogens with one attached hydrogen (secondary N) is 1. The number of para-hydroxylation sites is 1. The summed E-state index contributed by atoms with van der Waals surface area (Å²) in [6.45, 7) is 2.61. The summed E-state index contributed by atoms with van der Waals surface area (Å²) in [4.78, 5) is 15.0. The first-order chi connectivity index (χ1) is 10.2. The Morgan fingerprint density at radius 1 is 1.33 bits per heavy atom. The van der Waals surface area contributed by atoms with E-state index < -0.39 is 4.92 Å². The lowest BCUT2D eigenvalue weighted by molar-refractivity contribution is -0.384. The average molecular weight is 287 g/mol. The smallest absolute Gasteiger partial charge is 0.275 e. The van der Waals surface area contributed by atoms with E-state index in [4.69, 9.17) is 4.74 Å². The molecule has 0 aliphatic carbocycles. The van der Waals surface area contributed by atoms with Crippen LogP contribution in [0.5, 0.6) is 5.75 Å². The zero-order valence-electron chi connectivity index (χ0n) is 12.0. The largest absolute Gasteiger partial charge is 0.493 e. The van der Waals surface area contributed by atoms with Crippen LogP contribution in [0.2, 0.25) is 0 Å². The Balaban J connectivity index is 2.50. The maximum absolute atomic E-state index is 11.0. The van der Waals surface area contributed by atoms with Crippen molar-refractivity contribution >= 4 is 11.5 Å². The lowest BCUT2D eigenvalue weighted by Crippen LogP contribution is -2.00. The van der Waals surface area contributed by atoms with Gasteiger partial charge in [0.2, 0.25) is 0 Å². The number of aromatic nitrogens is 1. The topological polar surface area (TPSA) is 77.3 Å². The lowest BCUT2D eigenvalue weighted by atomic mass is 10.1. The molecular formula is C15H17N3O3. The molecule has 1 heterocycles. The third-order valence-electron chi connectivity index (χ3n) is 2.90. The fourth-order valence-corrected chi connectivity index (χ4v) is 1.90. The minimum atomic E-state index is -0.429. The molecule has 0 aliphatic rings. The molecule has 0 aliphatic heterocycles. The molecular weight excluding hydrogens is 270 g/mol. The maximum atomic E-state index is 11.0. The van der Waals surface area contributed by atoms with Crippen LogP contribution in [0.15, 0.2) is 36.4 Å². The average Bonchev–Trinajstić information content (AvgIpc) is 2.52. The fourth-order valence-electron chi connectivity index (χ4n) is 1.90. The number of benzene rings is 1. The number of pyridine rings is 1. The van der Waals surface area contributed by atoms with Crippen molar-refractivity contribution in [2.24, 2.45) is 0 Å². The van der Waals surface area contributed by atoms with Gasteiger partial charge in [-0.3, -0.25) is 10.1 Å². The molecule has 0 saturated heterocycles. The zero-order valence-corrected chi connectivity index (χ0v) is 12.0. The SMILES string of the molecule is CCCOc1ccccc1-c1cc([N+](=O)[O-])cc(NC)n1. The van der Waals surface area contributed by atoms with Crippen LogP contribution in [-0.4, -0.2) is 23.6 Å². The first-order valence-electron chi connectivity index (χ1n) is 6.72. The second-order valence-electron chi connectivity index (χ2n) is 4.45. The fraction of sp³-hybridized carbons (Fsp3) is 0.267. The van der Waals surface area contributed by atoms with Gasteiger partial charge < -0.3 is 10.1 Å². The Labute approximate surface area is 122 Å². The summed E-state index contributed by atoms with van der Waals surface area (Å²) in [5.74, 6) is 1.12. The van der Waals surface area contributed by atoms with Crippen LogP contribution in [-0.2, 0) is 0 Å². The normalized spacial score (nSPS) is 10.2. The summed E-state index contributed by atoms with van der Waals surface area (Å²) < 4.78 is 5.68. The van der Waals surface area contributed by atoms with E-state index in [1.165, 1.54) is 12.1 Å². The van der Waals surface area contributed by atoms with Crippen molar-refractivity contribution in [2.45, 2.75) is 13.3 Å². The molecule has 1 aromatic heterocycles. The van der Waals surface area contributed by atoms with Crippen molar-refractivity contribution in [3.63, 3.8) is 0 Å². The van der Waals surface area contributed by atoms with Crippen LogP contribution >= 0.6 is 0 Å². The zero-order chi connectivity index (χ0) is 15.2. The Hall–Kier alpha value is -2.63. The first kappa shape index (κ1) is 14.8. The molecule has 0 atom stereocenters. The minimum Gasteiger partial charge on any atom is -0.493 e. The van der Waals surface area contributed by atoms with Crippen LogP contribution in [0.1, 0.15) is 13.3 Å². The molecule has 2 aromatic rings. The molecule has 6 heteroatoms. The van der Waals surface area contributed by atoms with E-state index in [9.17, 15) is 10.1 Å². The van der Waals surface area contributed by atoms with Gasteiger partial charge in [-0.05, 0) is 18.6 Å².